The molecule has 1 heterocycles. The van der Waals surface area contributed by atoms with Gasteiger partial charge in [-0.1, -0.05) is 23.7 Å². The Labute approximate surface area is 101 Å². The molecule has 3 nitrogen and oxygen atoms in total. The van der Waals surface area contributed by atoms with E-state index in [1.807, 2.05) is 12.1 Å². The summed E-state index contributed by atoms with van der Waals surface area (Å²) in [5.41, 5.74) is 1.16. The quantitative estimate of drug-likeness (QED) is 0.855. The molecule has 0 aromatic heterocycles. The molecule has 88 valence electrons. The van der Waals surface area contributed by atoms with Crippen molar-refractivity contribution in [3.63, 3.8) is 0 Å². The molecule has 1 atom stereocenters. The monoisotopic (exact) mass is 240 g/mol. The number of likely N-dealkylation sites (N-methyl/N-ethyl adjacent to an activating group) is 1. The van der Waals surface area contributed by atoms with Gasteiger partial charge in [0.1, 0.15) is 5.75 Å². The summed E-state index contributed by atoms with van der Waals surface area (Å²) < 4.78 is 5.39. The first-order valence-corrected chi connectivity index (χ1v) is 5.85. The zero-order valence-electron chi connectivity index (χ0n) is 9.66. The van der Waals surface area contributed by atoms with Crippen LogP contribution in [0, 0.1) is 0 Å². The van der Waals surface area contributed by atoms with Crippen LogP contribution in [0.2, 0.25) is 5.02 Å². The van der Waals surface area contributed by atoms with Crippen molar-refractivity contribution in [1.82, 2.24) is 10.2 Å². The minimum Gasteiger partial charge on any atom is -0.495 e. The van der Waals surface area contributed by atoms with Gasteiger partial charge in [-0.15, -0.1) is 0 Å². The van der Waals surface area contributed by atoms with Crippen LogP contribution in [0.15, 0.2) is 18.2 Å². The SMILES string of the molecule is COc1c(Cl)cccc1C1CNCCN1C. The highest BCUT2D eigenvalue weighted by atomic mass is 35.5. The standard InChI is InChI=1S/C12H17ClN2O/c1-15-7-6-14-8-11(15)9-4-3-5-10(13)12(9)16-2/h3-5,11,14H,6-8H2,1-2H3. The first kappa shape index (κ1) is 11.7. The number of nitrogens with zero attached hydrogens (tertiary/aromatic N) is 1. The van der Waals surface area contributed by atoms with E-state index in [0.29, 0.717) is 11.1 Å². The third-order valence-corrected chi connectivity index (χ3v) is 3.37. The molecular formula is C12H17ClN2O. The second-order valence-corrected chi connectivity index (χ2v) is 4.47. The van der Waals surface area contributed by atoms with Gasteiger partial charge < -0.3 is 10.1 Å². The van der Waals surface area contributed by atoms with E-state index in [2.05, 4.69) is 23.3 Å². The lowest BCUT2D eigenvalue weighted by Crippen LogP contribution is -2.43. The van der Waals surface area contributed by atoms with Gasteiger partial charge in [-0.2, -0.15) is 0 Å². The fourth-order valence-corrected chi connectivity index (χ4v) is 2.42. The maximum atomic E-state index is 6.13. The van der Waals surface area contributed by atoms with Crippen LogP contribution < -0.4 is 10.1 Å². The van der Waals surface area contributed by atoms with E-state index in [1.165, 1.54) is 0 Å². The van der Waals surface area contributed by atoms with Gasteiger partial charge in [0.15, 0.2) is 0 Å². The first-order chi connectivity index (χ1) is 7.74. The number of hydrogen-bond donors (Lipinski definition) is 1. The average Bonchev–Trinajstić information content (AvgIpc) is 2.29. The predicted molar refractivity (Wildman–Crippen MR) is 66.2 cm³/mol. The summed E-state index contributed by atoms with van der Waals surface area (Å²) in [6.45, 7) is 3.02. The first-order valence-electron chi connectivity index (χ1n) is 5.47. The number of rotatable bonds is 2. The van der Waals surface area contributed by atoms with Gasteiger partial charge in [-0.25, -0.2) is 0 Å². The lowest BCUT2D eigenvalue weighted by molar-refractivity contribution is 0.198. The van der Waals surface area contributed by atoms with E-state index in [9.17, 15) is 0 Å². The van der Waals surface area contributed by atoms with Crippen molar-refractivity contribution in [1.29, 1.82) is 0 Å². The van der Waals surface area contributed by atoms with Crippen LogP contribution in [0.1, 0.15) is 11.6 Å². The summed E-state index contributed by atoms with van der Waals surface area (Å²) >= 11 is 6.13. The third-order valence-electron chi connectivity index (χ3n) is 3.07. The van der Waals surface area contributed by atoms with Crippen molar-refractivity contribution in [3.05, 3.63) is 28.8 Å². The fraction of sp³-hybridized carbons (Fsp3) is 0.500. The number of methoxy groups -OCH3 is 1. The molecule has 1 fully saturated rings. The Kier molecular flexibility index (Phi) is 3.69. The van der Waals surface area contributed by atoms with E-state index < -0.39 is 0 Å². The second-order valence-electron chi connectivity index (χ2n) is 4.06. The zero-order valence-corrected chi connectivity index (χ0v) is 10.4. The summed E-state index contributed by atoms with van der Waals surface area (Å²) in [6, 6.07) is 6.25. The average molecular weight is 241 g/mol. The Morgan fingerprint density at radius 1 is 1.50 bits per heavy atom. The van der Waals surface area contributed by atoms with Crippen molar-refractivity contribution in [3.8, 4) is 5.75 Å². The van der Waals surface area contributed by atoms with E-state index in [4.69, 9.17) is 16.3 Å². The van der Waals surface area contributed by atoms with E-state index in [1.54, 1.807) is 7.11 Å². The highest BCUT2D eigenvalue weighted by Crippen LogP contribution is 2.34. The van der Waals surface area contributed by atoms with Gasteiger partial charge in [0.05, 0.1) is 18.2 Å². The van der Waals surface area contributed by atoms with Crippen LogP contribution in [0.4, 0.5) is 0 Å². The minimum atomic E-state index is 0.336. The molecule has 0 bridgehead atoms. The molecule has 16 heavy (non-hydrogen) atoms. The number of ether oxygens (including phenoxy) is 1. The second kappa shape index (κ2) is 5.04. The van der Waals surface area contributed by atoms with Gasteiger partial charge >= 0.3 is 0 Å². The molecule has 0 radical (unpaired) electrons. The minimum absolute atomic E-state index is 0.336. The zero-order chi connectivity index (χ0) is 11.5. The normalized spacial score (nSPS) is 22.1. The van der Waals surface area contributed by atoms with Gasteiger partial charge in [-0.05, 0) is 13.1 Å². The van der Waals surface area contributed by atoms with Crippen LogP contribution in [0.5, 0.6) is 5.75 Å². The molecule has 1 unspecified atom stereocenters. The summed E-state index contributed by atoms with van der Waals surface area (Å²) in [5, 5.41) is 4.07. The smallest absolute Gasteiger partial charge is 0.142 e. The van der Waals surface area contributed by atoms with E-state index >= 15 is 0 Å². The van der Waals surface area contributed by atoms with Crippen LogP contribution in [-0.4, -0.2) is 38.7 Å². The van der Waals surface area contributed by atoms with Crippen molar-refractivity contribution < 1.29 is 4.74 Å². The molecule has 0 spiro atoms. The number of piperazine rings is 1. The highest BCUT2D eigenvalue weighted by Gasteiger charge is 2.24. The van der Waals surface area contributed by atoms with Gasteiger partial charge in [-0.3, -0.25) is 4.90 Å². The molecular weight excluding hydrogens is 224 g/mol. The lowest BCUT2D eigenvalue weighted by atomic mass is 10.0. The Morgan fingerprint density at radius 2 is 2.31 bits per heavy atom. The fourth-order valence-electron chi connectivity index (χ4n) is 2.16. The van der Waals surface area contributed by atoms with E-state index in [-0.39, 0.29) is 0 Å². The number of hydrogen-bond acceptors (Lipinski definition) is 3. The van der Waals surface area contributed by atoms with Gasteiger partial charge in [0.2, 0.25) is 0 Å². The largest absolute Gasteiger partial charge is 0.495 e. The summed E-state index contributed by atoms with van der Waals surface area (Å²) in [4.78, 5) is 2.32. The molecule has 0 aliphatic carbocycles. The number of benzene rings is 1. The summed E-state index contributed by atoms with van der Waals surface area (Å²) in [5.74, 6) is 0.796. The Bertz CT molecular complexity index is 370. The van der Waals surface area contributed by atoms with Crippen molar-refractivity contribution >= 4 is 11.6 Å². The molecule has 0 saturated carbocycles. The van der Waals surface area contributed by atoms with Crippen LogP contribution >= 0.6 is 11.6 Å². The maximum Gasteiger partial charge on any atom is 0.142 e. The predicted octanol–water partition coefficient (Wildman–Crippen LogP) is 1.92. The lowest BCUT2D eigenvalue weighted by Gasteiger charge is -2.34. The molecule has 0 amide bonds. The summed E-state index contributed by atoms with van der Waals surface area (Å²) in [6.07, 6.45) is 0. The van der Waals surface area contributed by atoms with Crippen LogP contribution in [0.3, 0.4) is 0 Å². The van der Waals surface area contributed by atoms with Crippen LogP contribution in [0.25, 0.3) is 0 Å². The molecule has 1 aliphatic heterocycles. The number of nitrogens with one attached hydrogen (secondary N) is 1. The van der Waals surface area contributed by atoms with Crippen molar-refractivity contribution in [2.45, 2.75) is 6.04 Å². The molecule has 1 saturated heterocycles. The van der Waals surface area contributed by atoms with Crippen molar-refractivity contribution in [2.75, 3.05) is 33.8 Å². The molecule has 2 rings (SSSR count). The number of halogens is 1. The maximum absolute atomic E-state index is 6.13. The Balaban J connectivity index is 2.34. The summed E-state index contributed by atoms with van der Waals surface area (Å²) in [7, 11) is 3.80. The number of para-hydroxylation sites is 1. The van der Waals surface area contributed by atoms with E-state index in [0.717, 1.165) is 30.9 Å². The Hall–Kier alpha value is -0.770. The van der Waals surface area contributed by atoms with Gasteiger partial charge in [0.25, 0.3) is 0 Å². The molecule has 1 aromatic carbocycles. The molecule has 1 aliphatic rings. The molecule has 4 heteroatoms. The topological polar surface area (TPSA) is 24.5 Å². The highest BCUT2D eigenvalue weighted by molar-refractivity contribution is 6.32. The van der Waals surface area contributed by atoms with Gasteiger partial charge in [0, 0.05) is 25.2 Å². The third kappa shape index (κ3) is 2.17. The molecule has 1 aromatic rings. The van der Waals surface area contributed by atoms with Crippen molar-refractivity contribution in [2.24, 2.45) is 0 Å². The molecule has 1 N–H and O–H groups in total. The van der Waals surface area contributed by atoms with Crippen LogP contribution in [-0.2, 0) is 0 Å². The Morgan fingerprint density at radius 3 is 3.00 bits per heavy atom.